The molecule has 4 aliphatic rings. The van der Waals surface area contributed by atoms with Crippen molar-refractivity contribution in [2.75, 3.05) is 0 Å². The minimum absolute atomic E-state index is 0. The molecule has 3 heteroatoms. The van der Waals surface area contributed by atoms with Crippen molar-refractivity contribution in [1.82, 2.24) is 0 Å². The quantitative estimate of drug-likeness (QED) is 0.179. The predicted molar refractivity (Wildman–Crippen MR) is 231 cm³/mol. The van der Waals surface area contributed by atoms with Crippen LogP contribution in [-0.4, -0.2) is 3.21 Å². The van der Waals surface area contributed by atoms with E-state index in [1.807, 2.05) is 0 Å². The van der Waals surface area contributed by atoms with Crippen LogP contribution in [0.4, 0.5) is 0 Å². The van der Waals surface area contributed by atoms with E-state index in [9.17, 15) is 0 Å². The van der Waals surface area contributed by atoms with Gasteiger partial charge in [0, 0.05) is 0 Å². The average Bonchev–Trinajstić information content (AvgIpc) is 3.71. The molecular weight excluding hydrogens is 799 g/mol. The van der Waals surface area contributed by atoms with E-state index in [1.54, 1.807) is 28.2 Å². The molecule has 4 aromatic carbocycles. The second-order valence-electron chi connectivity index (χ2n) is 19.2. The van der Waals surface area contributed by atoms with Crippen molar-refractivity contribution in [2.24, 2.45) is 27.6 Å². The molecule has 8 rings (SSSR count). The first kappa shape index (κ1) is 46.1. The molecule has 4 aliphatic carbocycles. The molecule has 2 unspecified atom stereocenters. The van der Waals surface area contributed by atoms with Gasteiger partial charge in [-0.3, -0.25) is 0 Å². The molecule has 0 aromatic heterocycles. The fraction of sp³-hybridized carbons (Fsp3) is 0.415. The third-order valence-corrected chi connectivity index (χ3v) is 16.4. The summed E-state index contributed by atoms with van der Waals surface area (Å²) in [4.78, 5) is 0. The summed E-state index contributed by atoms with van der Waals surface area (Å²) in [5.41, 5.74) is 17.6. The Hall–Kier alpha value is -2.57. The second kappa shape index (κ2) is 17.0. The Morgan fingerprint density at radius 3 is 1.80 bits per heavy atom. The second-order valence-corrected chi connectivity index (χ2v) is 20.5. The summed E-state index contributed by atoms with van der Waals surface area (Å²) < 4.78 is 1.42. The van der Waals surface area contributed by atoms with Crippen LogP contribution < -0.4 is 24.8 Å². The molecule has 296 valence electrons. The number of allylic oxidation sites excluding steroid dienone is 6. The molecule has 1 fully saturated rings. The van der Waals surface area contributed by atoms with Gasteiger partial charge in [0.25, 0.3) is 0 Å². The molecule has 0 amide bonds. The fourth-order valence-electron chi connectivity index (χ4n) is 10.6. The first-order chi connectivity index (χ1) is 25.3. The van der Waals surface area contributed by atoms with Gasteiger partial charge in [0.1, 0.15) is 0 Å². The van der Waals surface area contributed by atoms with Gasteiger partial charge in [0.05, 0.1) is 0 Å². The van der Waals surface area contributed by atoms with Crippen LogP contribution in [0.25, 0.3) is 5.57 Å². The zero-order chi connectivity index (χ0) is 39.4. The monoisotopic (exact) mass is 860 g/mol. The maximum atomic E-state index is 2.62. The van der Waals surface area contributed by atoms with Gasteiger partial charge in [-0.25, -0.2) is 12.0 Å². The zero-order valence-corrected chi connectivity index (χ0v) is 40.3. The molecule has 0 bridgehead atoms. The van der Waals surface area contributed by atoms with Crippen LogP contribution in [0.3, 0.4) is 0 Å². The van der Waals surface area contributed by atoms with E-state index in [4.69, 9.17) is 0 Å². The summed E-state index contributed by atoms with van der Waals surface area (Å²) in [6, 6.07) is 34.8. The van der Waals surface area contributed by atoms with Gasteiger partial charge >= 0.3 is 99.2 Å². The molecule has 0 nitrogen and oxygen atoms in total. The molecule has 0 heterocycles. The van der Waals surface area contributed by atoms with Crippen molar-refractivity contribution in [1.29, 1.82) is 0 Å². The van der Waals surface area contributed by atoms with Crippen LogP contribution in [0.5, 0.6) is 0 Å². The number of hydrogen-bond donors (Lipinski definition) is 0. The Bertz CT molecular complexity index is 2070. The molecule has 0 spiro atoms. The molecule has 0 aliphatic heterocycles. The van der Waals surface area contributed by atoms with Crippen LogP contribution >= 0.6 is 0 Å². The van der Waals surface area contributed by atoms with E-state index in [1.165, 1.54) is 79.2 Å². The Kier molecular flexibility index (Phi) is 14.0. The average molecular weight is 863 g/mol. The summed E-state index contributed by atoms with van der Waals surface area (Å²) in [5.74, 6) is 2.24. The number of fused-ring (bicyclic) bond motifs is 6. The number of rotatable bonds is 2. The fourth-order valence-corrected chi connectivity index (χ4v) is 11.4. The van der Waals surface area contributed by atoms with E-state index in [0.717, 1.165) is 6.42 Å². The molecule has 1 saturated carbocycles. The van der Waals surface area contributed by atoms with Gasteiger partial charge in [-0.2, -0.15) is 33.9 Å². The van der Waals surface area contributed by atoms with E-state index >= 15 is 0 Å². The van der Waals surface area contributed by atoms with Gasteiger partial charge in [0.2, 0.25) is 0 Å². The molecule has 0 saturated heterocycles. The van der Waals surface area contributed by atoms with Crippen LogP contribution in [0, 0.1) is 47.3 Å². The topological polar surface area (TPSA) is 0 Å². The van der Waals surface area contributed by atoms with Crippen LogP contribution in [0.1, 0.15) is 128 Å². The van der Waals surface area contributed by atoms with Crippen molar-refractivity contribution in [2.45, 2.75) is 115 Å². The molecule has 56 heavy (non-hydrogen) atoms. The third-order valence-electron chi connectivity index (χ3n) is 15.0. The van der Waals surface area contributed by atoms with Crippen LogP contribution in [0.15, 0.2) is 126 Å². The van der Waals surface area contributed by atoms with E-state index in [-0.39, 0.29) is 46.5 Å². The Labute approximate surface area is 368 Å². The Balaban J connectivity index is 0.000000215. The summed E-state index contributed by atoms with van der Waals surface area (Å²) >= 11 is 1.46. The molecule has 4 aromatic rings. The third kappa shape index (κ3) is 7.69. The van der Waals surface area contributed by atoms with Gasteiger partial charge in [-0.05, 0) is 40.6 Å². The summed E-state index contributed by atoms with van der Waals surface area (Å²) in [7, 11) is 0. The standard InChI is InChI=1S/C29H37.C13H10.C11H17.2ClH.Zr/c1-18-25-22-17-19-13-9-10-14-20(19)24(22)21-15-11-12-16-23(21)29(25,8)28(6,7)27(4,5)26(18,2)3;1-3-7-12(8-4-1)11-13-9-5-2-6-10-13;1-8-6-9(2)10(7-8)11(3,4)5;;;/h9-11,13-15,23H,12,16-17H2,1-8H3;1-10H;6-7H,1-5H3;2*1H;/q-1;;-1;;;+2/p-2. The molecule has 2 atom stereocenters. The molecule has 0 radical (unpaired) electrons. The molecular formula is C53H64Cl2Zr-2. The zero-order valence-electron chi connectivity index (χ0n) is 36.3. The molecule has 0 N–H and O–H groups in total. The summed E-state index contributed by atoms with van der Waals surface area (Å²) in [5, 5.41) is 0. The van der Waals surface area contributed by atoms with E-state index < -0.39 is 0 Å². The van der Waals surface area contributed by atoms with Crippen molar-refractivity contribution in [3.63, 3.8) is 0 Å². The van der Waals surface area contributed by atoms with Crippen molar-refractivity contribution in [3.05, 3.63) is 171 Å². The van der Waals surface area contributed by atoms with Gasteiger partial charge < -0.3 is 24.8 Å². The first-order valence-corrected chi connectivity index (χ1v) is 21.5. The van der Waals surface area contributed by atoms with Crippen molar-refractivity contribution in [3.8, 4) is 0 Å². The SMILES string of the molecule is C[C-]1C2=C3Cc4ccccc4C3=C3C=CCCC3C2(C)C(C)(C)C(C)(C)C1(C)C.Cc1cc(C(C)(C)C)c(C)[cH-]1.[Cl-].[Cl-].[Zr+2]=[C](c1ccccc1)c1ccccc1. The van der Waals surface area contributed by atoms with Gasteiger partial charge in [-0.15, -0.1) is 6.92 Å². The van der Waals surface area contributed by atoms with Gasteiger partial charge in [-0.1, -0.05) is 153 Å². The Morgan fingerprint density at radius 2 is 1.30 bits per heavy atom. The maximum absolute atomic E-state index is 2.62. The van der Waals surface area contributed by atoms with Crippen LogP contribution in [0.2, 0.25) is 0 Å². The summed E-state index contributed by atoms with van der Waals surface area (Å²) in [6.45, 7) is 31.4. The number of halogens is 2. The van der Waals surface area contributed by atoms with Gasteiger partial charge in [0.15, 0.2) is 0 Å². The van der Waals surface area contributed by atoms with E-state index in [0.29, 0.717) is 11.3 Å². The Morgan fingerprint density at radius 1 is 0.768 bits per heavy atom. The first-order valence-electron chi connectivity index (χ1n) is 20.3. The van der Waals surface area contributed by atoms with Crippen LogP contribution in [-0.2, 0) is 36.1 Å². The number of hydrogen-bond acceptors (Lipinski definition) is 0. The normalized spacial score (nSPS) is 22.1. The number of aryl methyl sites for hydroxylation is 2. The van der Waals surface area contributed by atoms with Crippen molar-refractivity contribution >= 4 is 8.78 Å². The minimum atomic E-state index is 0. The number of benzene rings is 3. The summed E-state index contributed by atoms with van der Waals surface area (Å²) in [6.07, 6.45) is 8.50. The van der Waals surface area contributed by atoms with E-state index in [2.05, 4.69) is 199 Å². The van der Waals surface area contributed by atoms with Crippen molar-refractivity contribution < 1.29 is 49.0 Å². The predicted octanol–water partition coefficient (Wildman–Crippen LogP) is 8.10.